The van der Waals surface area contributed by atoms with E-state index in [-0.39, 0.29) is 19.4 Å². The largest absolute Gasteiger partial charge is 0.454 e. The number of halogens is 1. The third kappa shape index (κ3) is 3.24. The summed E-state index contributed by atoms with van der Waals surface area (Å²) in [6.07, 6.45) is 1.53. The molecule has 128 valence electrons. The van der Waals surface area contributed by atoms with Crippen LogP contribution in [0.25, 0.3) is 10.9 Å². The Morgan fingerprint density at radius 3 is 2.88 bits per heavy atom. The molecular formula is C18H16ClN3O3. The number of benzene rings is 2. The van der Waals surface area contributed by atoms with Crippen molar-refractivity contribution in [2.75, 3.05) is 13.4 Å². The van der Waals surface area contributed by atoms with Crippen LogP contribution in [0.4, 0.5) is 0 Å². The molecule has 25 heavy (non-hydrogen) atoms. The van der Waals surface area contributed by atoms with E-state index in [1.165, 1.54) is 6.33 Å². The molecule has 2 heterocycles. The maximum absolute atomic E-state index is 9.77. The number of hydrogen-bond acceptors (Lipinski definition) is 6. The van der Waals surface area contributed by atoms with E-state index >= 15 is 0 Å². The second-order valence-corrected chi connectivity index (χ2v) is 6.15. The van der Waals surface area contributed by atoms with Crippen LogP contribution in [0.1, 0.15) is 17.3 Å². The number of aliphatic hydroxyl groups excluding tert-OH is 1. The van der Waals surface area contributed by atoms with Crippen LogP contribution in [0.15, 0.2) is 42.7 Å². The number of fused-ring (bicyclic) bond motifs is 2. The SMILES string of the molecule is OCC(NCc1ncnc2ccc(Cl)cc12)c1ccc2c(c1)OCO2. The van der Waals surface area contributed by atoms with Crippen LogP contribution in [0.5, 0.6) is 11.5 Å². The Hall–Kier alpha value is -2.41. The van der Waals surface area contributed by atoms with Crippen molar-refractivity contribution < 1.29 is 14.6 Å². The van der Waals surface area contributed by atoms with Crippen molar-refractivity contribution in [3.05, 3.63) is 59.0 Å². The molecule has 2 aromatic carbocycles. The molecule has 3 aromatic rings. The van der Waals surface area contributed by atoms with Crippen LogP contribution in [-0.2, 0) is 6.54 Å². The Bertz CT molecular complexity index is 919. The van der Waals surface area contributed by atoms with Crippen molar-refractivity contribution >= 4 is 22.5 Å². The van der Waals surface area contributed by atoms with Crippen LogP contribution in [-0.4, -0.2) is 28.5 Å². The first kappa shape index (κ1) is 16.1. The minimum atomic E-state index is -0.251. The average molecular weight is 358 g/mol. The summed E-state index contributed by atoms with van der Waals surface area (Å²) in [6, 6.07) is 10.9. The molecule has 0 spiro atoms. The summed E-state index contributed by atoms with van der Waals surface area (Å²) >= 11 is 6.09. The Morgan fingerprint density at radius 2 is 2.00 bits per heavy atom. The zero-order valence-corrected chi connectivity index (χ0v) is 14.0. The highest BCUT2D eigenvalue weighted by atomic mass is 35.5. The molecule has 0 saturated heterocycles. The second kappa shape index (κ2) is 6.84. The van der Waals surface area contributed by atoms with Crippen LogP contribution in [0, 0.1) is 0 Å². The van der Waals surface area contributed by atoms with Crippen molar-refractivity contribution in [2.45, 2.75) is 12.6 Å². The van der Waals surface area contributed by atoms with Crippen LogP contribution in [0.3, 0.4) is 0 Å². The third-order valence-corrected chi connectivity index (χ3v) is 4.41. The summed E-state index contributed by atoms with van der Waals surface area (Å²) < 4.78 is 10.7. The Balaban J connectivity index is 1.56. The molecule has 6 nitrogen and oxygen atoms in total. The smallest absolute Gasteiger partial charge is 0.231 e. The molecule has 0 fully saturated rings. The number of nitrogens with zero attached hydrogens (tertiary/aromatic N) is 2. The third-order valence-electron chi connectivity index (χ3n) is 4.18. The van der Waals surface area contributed by atoms with E-state index in [2.05, 4.69) is 15.3 Å². The number of aliphatic hydroxyl groups is 1. The van der Waals surface area contributed by atoms with E-state index in [4.69, 9.17) is 21.1 Å². The summed E-state index contributed by atoms with van der Waals surface area (Å²) in [5, 5.41) is 14.6. The van der Waals surface area contributed by atoms with Crippen molar-refractivity contribution in [1.82, 2.24) is 15.3 Å². The number of rotatable bonds is 5. The van der Waals surface area contributed by atoms with Gasteiger partial charge in [0.05, 0.1) is 23.9 Å². The minimum Gasteiger partial charge on any atom is -0.454 e. The van der Waals surface area contributed by atoms with Gasteiger partial charge in [0.15, 0.2) is 11.5 Å². The van der Waals surface area contributed by atoms with E-state index in [1.54, 1.807) is 6.07 Å². The lowest BCUT2D eigenvalue weighted by atomic mass is 10.1. The van der Waals surface area contributed by atoms with Gasteiger partial charge >= 0.3 is 0 Å². The van der Waals surface area contributed by atoms with Gasteiger partial charge in [-0.25, -0.2) is 9.97 Å². The van der Waals surface area contributed by atoms with Crippen molar-refractivity contribution in [1.29, 1.82) is 0 Å². The molecule has 1 aliphatic heterocycles. The first-order chi connectivity index (χ1) is 12.2. The van der Waals surface area contributed by atoms with Gasteiger partial charge in [-0.1, -0.05) is 17.7 Å². The lowest BCUT2D eigenvalue weighted by Crippen LogP contribution is -2.24. The zero-order valence-electron chi connectivity index (χ0n) is 13.3. The van der Waals surface area contributed by atoms with Gasteiger partial charge in [0.25, 0.3) is 0 Å². The summed E-state index contributed by atoms with van der Waals surface area (Å²) in [5.41, 5.74) is 2.58. The molecule has 0 saturated carbocycles. The molecule has 0 radical (unpaired) electrons. The van der Waals surface area contributed by atoms with E-state index in [1.807, 2.05) is 30.3 Å². The molecule has 0 aliphatic carbocycles. The maximum atomic E-state index is 9.77. The summed E-state index contributed by atoms with van der Waals surface area (Å²) in [4.78, 5) is 8.60. The fourth-order valence-corrected chi connectivity index (χ4v) is 3.03. The standard InChI is InChI=1S/C18H16ClN3O3/c19-12-2-3-14-13(6-12)15(22-9-21-14)7-20-16(8-23)11-1-4-17-18(5-11)25-10-24-17/h1-6,9,16,20,23H,7-8,10H2. The molecule has 1 aliphatic rings. The predicted molar refractivity (Wildman–Crippen MR) is 93.8 cm³/mol. The quantitative estimate of drug-likeness (QED) is 0.731. The van der Waals surface area contributed by atoms with E-state index < -0.39 is 0 Å². The molecule has 1 atom stereocenters. The van der Waals surface area contributed by atoms with Crippen molar-refractivity contribution in [3.8, 4) is 11.5 Å². The van der Waals surface area contributed by atoms with E-state index in [0.29, 0.717) is 17.3 Å². The highest BCUT2D eigenvalue weighted by Gasteiger charge is 2.18. The lowest BCUT2D eigenvalue weighted by Gasteiger charge is -2.17. The highest BCUT2D eigenvalue weighted by molar-refractivity contribution is 6.31. The summed E-state index contributed by atoms with van der Waals surface area (Å²) in [5.74, 6) is 1.41. The van der Waals surface area contributed by atoms with Gasteiger partial charge in [-0.2, -0.15) is 0 Å². The summed E-state index contributed by atoms with van der Waals surface area (Å²) in [7, 11) is 0. The molecule has 7 heteroatoms. The normalized spacial score (nSPS) is 14.0. The van der Waals surface area contributed by atoms with Crippen LogP contribution < -0.4 is 14.8 Å². The maximum Gasteiger partial charge on any atom is 0.231 e. The number of aromatic nitrogens is 2. The Morgan fingerprint density at radius 1 is 1.12 bits per heavy atom. The molecule has 0 bridgehead atoms. The van der Waals surface area contributed by atoms with Crippen LogP contribution >= 0.6 is 11.6 Å². The summed E-state index contributed by atoms with van der Waals surface area (Å²) in [6.45, 7) is 0.645. The second-order valence-electron chi connectivity index (χ2n) is 5.71. The molecule has 2 N–H and O–H groups in total. The van der Waals surface area contributed by atoms with Gasteiger partial charge in [0.2, 0.25) is 6.79 Å². The first-order valence-corrected chi connectivity index (χ1v) is 8.25. The molecule has 0 amide bonds. The van der Waals surface area contributed by atoms with Gasteiger partial charge < -0.3 is 19.9 Å². The van der Waals surface area contributed by atoms with Gasteiger partial charge in [0, 0.05) is 17.0 Å². The zero-order chi connectivity index (χ0) is 17.2. The molecule has 1 aromatic heterocycles. The fraction of sp³-hybridized carbons (Fsp3) is 0.222. The van der Waals surface area contributed by atoms with Crippen LogP contribution in [0.2, 0.25) is 5.02 Å². The number of ether oxygens (including phenoxy) is 2. The predicted octanol–water partition coefficient (Wildman–Crippen LogP) is 2.84. The van der Waals surface area contributed by atoms with E-state index in [0.717, 1.165) is 27.9 Å². The van der Waals surface area contributed by atoms with Crippen molar-refractivity contribution in [2.24, 2.45) is 0 Å². The van der Waals surface area contributed by atoms with Gasteiger partial charge in [-0.3, -0.25) is 0 Å². The Labute approximate surface area is 149 Å². The van der Waals surface area contributed by atoms with Gasteiger partial charge in [-0.15, -0.1) is 0 Å². The van der Waals surface area contributed by atoms with E-state index in [9.17, 15) is 5.11 Å². The fourth-order valence-electron chi connectivity index (χ4n) is 2.86. The first-order valence-electron chi connectivity index (χ1n) is 7.87. The van der Waals surface area contributed by atoms with Crippen molar-refractivity contribution in [3.63, 3.8) is 0 Å². The number of nitrogens with one attached hydrogen (secondary N) is 1. The molecule has 1 unspecified atom stereocenters. The van der Waals surface area contributed by atoms with Gasteiger partial charge in [-0.05, 0) is 35.9 Å². The molecule has 4 rings (SSSR count). The van der Waals surface area contributed by atoms with Gasteiger partial charge in [0.1, 0.15) is 6.33 Å². The number of hydrogen-bond donors (Lipinski definition) is 2. The Kier molecular flexibility index (Phi) is 4.40. The highest BCUT2D eigenvalue weighted by Crippen LogP contribution is 2.34. The monoisotopic (exact) mass is 357 g/mol. The molecular weight excluding hydrogens is 342 g/mol. The lowest BCUT2D eigenvalue weighted by molar-refractivity contribution is 0.174. The average Bonchev–Trinajstić information content (AvgIpc) is 3.10. The minimum absolute atomic E-state index is 0.0522. The topological polar surface area (TPSA) is 76.5 Å².